The lowest BCUT2D eigenvalue weighted by Crippen LogP contribution is -2.40. The predicted octanol–water partition coefficient (Wildman–Crippen LogP) is 4.63. The second-order valence-corrected chi connectivity index (χ2v) is 9.73. The molecule has 3 N–H and O–H groups in total. The Labute approximate surface area is 210 Å². The van der Waals surface area contributed by atoms with Gasteiger partial charge in [-0.05, 0) is 61.8 Å². The highest BCUT2D eigenvalue weighted by Crippen LogP contribution is 2.40. The topological polar surface area (TPSA) is 123 Å². The van der Waals surface area contributed by atoms with Crippen molar-refractivity contribution in [2.45, 2.75) is 56.6 Å². The van der Waals surface area contributed by atoms with Crippen LogP contribution in [-0.4, -0.2) is 27.7 Å². The van der Waals surface area contributed by atoms with Crippen LogP contribution < -0.4 is 15.8 Å². The zero-order chi connectivity index (χ0) is 25.1. The van der Waals surface area contributed by atoms with Gasteiger partial charge in [-0.2, -0.15) is 10.4 Å². The molecule has 8 nitrogen and oxygen atoms in total. The van der Waals surface area contributed by atoms with Crippen LogP contribution in [0.25, 0.3) is 11.1 Å². The van der Waals surface area contributed by atoms with Gasteiger partial charge < -0.3 is 15.8 Å². The molecule has 184 valence electrons. The van der Waals surface area contributed by atoms with Crippen molar-refractivity contribution >= 4 is 17.6 Å². The summed E-state index contributed by atoms with van der Waals surface area (Å²) in [4.78, 5) is 24.3. The fourth-order valence-electron chi connectivity index (χ4n) is 4.88. The molecule has 0 aliphatic heterocycles. The number of hydrogen-bond donors (Lipinski definition) is 2. The van der Waals surface area contributed by atoms with Gasteiger partial charge in [0.2, 0.25) is 5.91 Å². The third kappa shape index (κ3) is 4.96. The Morgan fingerprint density at radius 1 is 1.06 bits per heavy atom. The number of nitriles is 1. The van der Waals surface area contributed by atoms with E-state index >= 15 is 0 Å². The van der Waals surface area contributed by atoms with E-state index in [2.05, 4.69) is 40.8 Å². The Kier molecular flexibility index (Phi) is 6.47. The molecule has 1 aromatic heterocycles. The van der Waals surface area contributed by atoms with Crippen molar-refractivity contribution in [3.05, 3.63) is 66.4 Å². The van der Waals surface area contributed by atoms with Crippen molar-refractivity contribution in [2.24, 2.45) is 11.7 Å². The second-order valence-electron chi connectivity index (χ2n) is 9.73. The van der Waals surface area contributed by atoms with E-state index in [1.807, 2.05) is 30.3 Å². The van der Waals surface area contributed by atoms with Gasteiger partial charge in [-0.25, -0.2) is 0 Å². The molecule has 3 aromatic rings. The molecular weight excluding hydrogens is 454 g/mol. The summed E-state index contributed by atoms with van der Waals surface area (Å²) in [6.45, 7) is 0. The number of aromatic nitrogens is 2. The molecule has 0 saturated heterocycles. The Morgan fingerprint density at radius 3 is 2.33 bits per heavy atom. The molecule has 0 unspecified atom stereocenters. The average molecular weight is 484 g/mol. The van der Waals surface area contributed by atoms with Crippen molar-refractivity contribution in [3.63, 3.8) is 0 Å². The lowest BCUT2D eigenvalue weighted by Gasteiger charge is -2.39. The number of carbonyl (C=O) groups excluding carboxylic acids is 2. The number of anilines is 1. The van der Waals surface area contributed by atoms with Crippen LogP contribution in [0.3, 0.4) is 0 Å². The van der Waals surface area contributed by atoms with Crippen molar-refractivity contribution in [2.75, 3.05) is 5.32 Å². The largest absolute Gasteiger partial charge is 0.490 e. The fraction of sp³-hybridized carbons (Fsp3) is 0.357. The quantitative estimate of drug-likeness (QED) is 0.484. The van der Waals surface area contributed by atoms with Crippen molar-refractivity contribution in [1.82, 2.24) is 9.78 Å². The maximum absolute atomic E-state index is 12.3. The van der Waals surface area contributed by atoms with E-state index in [-0.39, 0.29) is 35.7 Å². The molecule has 8 heteroatoms. The number of primary amides is 1. The molecule has 2 saturated carbocycles. The first-order valence-corrected chi connectivity index (χ1v) is 12.4. The number of amides is 2. The monoisotopic (exact) mass is 483 g/mol. The first kappa shape index (κ1) is 23.6. The summed E-state index contributed by atoms with van der Waals surface area (Å²) >= 11 is 0. The van der Waals surface area contributed by atoms with Crippen LogP contribution in [0.5, 0.6) is 5.75 Å². The smallest absolute Gasteiger partial charge is 0.254 e. The molecule has 2 fully saturated rings. The molecule has 0 atom stereocenters. The van der Waals surface area contributed by atoms with Gasteiger partial charge in [0.25, 0.3) is 5.91 Å². The van der Waals surface area contributed by atoms with Crippen LogP contribution in [0.15, 0.2) is 60.8 Å². The highest BCUT2D eigenvalue weighted by Gasteiger charge is 2.40. The second kappa shape index (κ2) is 9.86. The van der Waals surface area contributed by atoms with Crippen molar-refractivity contribution in [1.29, 1.82) is 5.26 Å². The first-order chi connectivity index (χ1) is 17.5. The highest BCUT2D eigenvalue weighted by molar-refractivity contribution is 6.02. The van der Waals surface area contributed by atoms with Gasteiger partial charge in [-0.3, -0.25) is 14.3 Å². The van der Waals surface area contributed by atoms with Gasteiger partial charge in [0.15, 0.2) is 5.82 Å². The van der Waals surface area contributed by atoms with Crippen LogP contribution in [-0.2, 0) is 10.3 Å². The fourth-order valence-corrected chi connectivity index (χ4v) is 4.88. The number of nitrogens with two attached hydrogens (primary N) is 1. The van der Waals surface area contributed by atoms with Gasteiger partial charge in [-0.1, -0.05) is 42.5 Å². The van der Waals surface area contributed by atoms with Crippen molar-refractivity contribution < 1.29 is 14.3 Å². The molecule has 0 radical (unpaired) electrons. The van der Waals surface area contributed by atoms with Crippen LogP contribution in [0, 0.1) is 17.2 Å². The zero-order valence-electron chi connectivity index (χ0n) is 20.0. The summed E-state index contributed by atoms with van der Waals surface area (Å²) in [5.74, 6) is 0.155. The summed E-state index contributed by atoms with van der Waals surface area (Å²) in [7, 11) is 0. The number of hydrogen-bond acceptors (Lipinski definition) is 5. The first-order valence-electron chi connectivity index (χ1n) is 12.4. The average Bonchev–Trinajstić information content (AvgIpc) is 3.66. The lowest BCUT2D eigenvalue weighted by molar-refractivity contribution is -0.117. The Hall–Kier alpha value is -4.12. The minimum absolute atomic E-state index is 0.0135. The van der Waals surface area contributed by atoms with E-state index in [9.17, 15) is 14.9 Å². The van der Waals surface area contributed by atoms with Gasteiger partial charge in [0.05, 0.1) is 24.1 Å². The molecule has 2 aliphatic rings. The highest BCUT2D eigenvalue weighted by atomic mass is 16.5. The minimum atomic E-state index is -0.657. The van der Waals surface area contributed by atoms with Crippen LogP contribution in [0.2, 0.25) is 0 Å². The normalized spacial score (nSPS) is 21.4. The summed E-state index contributed by atoms with van der Waals surface area (Å²) in [5, 5.41) is 16.9. The van der Waals surface area contributed by atoms with Gasteiger partial charge in [0.1, 0.15) is 11.3 Å². The molecule has 0 bridgehead atoms. The Balaban J connectivity index is 1.28. The van der Waals surface area contributed by atoms with E-state index in [0.29, 0.717) is 12.8 Å². The van der Waals surface area contributed by atoms with E-state index in [1.165, 1.54) is 0 Å². The minimum Gasteiger partial charge on any atom is -0.490 e. The number of nitrogens with zero attached hydrogens (tertiary/aromatic N) is 3. The molecular formula is C28H29N5O3. The number of ether oxygens (including phenoxy) is 1. The van der Waals surface area contributed by atoms with Crippen LogP contribution >= 0.6 is 0 Å². The molecule has 36 heavy (non-hydrogen) atoms. The number of rotatable bonds is 8. The summed E-state index contributed by atoms with van der Waals surface area (Å²) in [6.07, 6.45) is 6.29. The zero-order valence-corrected chi connectivity index (χ0v) is 20.0. The van der Waals surface area contributed by atoms with E-state index in [1.54, 1.807) is 10.9 Å². The van der Waals surface area contributed by atoms with Crippen molar-refractivity contribution in [3.8, 4) is 22.9 Å². The van der Waals surface area contributed by atoms with E-state index in [0.717, 1.165) is 42.6 Å². The Bertz CT molecular complexity index is 1280. The molecule has 2 amide bonds. The molecule has 0 spiro atoms. The standard InChI is InChI=1S/C28H29N5O3/c29-17-16-28(33-18-24(25(30)34)26(32-33)31-27(35)21-6-7-21)14-12-23(13-15-28)36-22-10-8-20(9-11-22)19-4-2-1-3-5-19/h1-5,8-11,18,21,23H,6-7,12-16H2,(H2,30,34)(H,31,32,35). The molecule has 5 rings (SSSR count). The van der Waals surface area contributed by atoms with Crippen LogP contribution in [0.4, 0.5) is 5.82 Å². The molecule has 2 aromatic carbocycles. The number of nitrogens with one attached hydrogen (secondary N) is 1. The molecule has 1 heterocycles. The third-order valence-corrected chi connectivity index (χ3v) is 7.19. The van der Waals surface area contributed by atoms with Crippen LogP contribution in [0.1, 0.15) is 55.3 Å². The maximum Gasteiger partial charge on any atom is 0.254 e. The summed E-state index contributed by atoms with van der Waals surface area (Å²) in [6, 6.07) is 20.6. The van der Waals surface area contributed by atoms with Gasteiger partial charge in [0, 0.05) is 12.1 Å². The SMILES string of the molecule is N#CCC1(n2cc(C(N)=O)c(NC(=O)C3CC3)n2)CCC(Oc2ccc(-c3ccccc3)cc2)CC1. The molecule has 2 aliphatic carbocycles. The summed E-state index contributed by atoms with van der Waals surface area (Å²) in [5.41, 5.74) is 7.44. The summed E-state index contributed by atoms with van der Waals surface area (Å²) < 4.78 is 7.93. The Morgan fingerprint density at radius 2 is 1.72 bits per heavy atom. The third-order valence-electron chi connectivity index (χ3n) is 7.19. The van der Waals surface area contributed by atoms with Gasteiger partial charge >= 0.3 is 0 Å². The van der Waals surface area contributed by atoms with E-state index in [4.69, 9.17) is 10.5 Å². The van der Waals surface area contributed by atoms with E-state index < -0.39 is 11.4 Å². The lowest BCUT2D eigenvalue weighted by atomic mass is 9.78. The predicted molar refractivity (Wildman–Crippen MR) is 135 cm³/mol. The maximum atomic E-state index is 12.3. The number of benzene rings is 2. The number of carbonyl (C=O) groups is 2. The van der Waals surface area contributed by atoms with Gasteiger partial charge in [-0.15, -0.1) is 0 Å².